The molecule has 0 amide bonds. The first kappa shape index (κ1) is 21.3. The zero-order chi connectivity index (χ0) is 22.0. The van der Waals surface area contributed by atoms with Gasteiger partial charge in [-0.05, 0) is 59.9 Å². The first-order chi connectivity index (χ1) is 14.8. The molecule has 0 spiro atoms. The van der Waals surface area contributed by atoms with E-state index in [1.54, 1.807) is 0 Å². The number of aryl methyl sites for hydroxylation is 1. The Balaban J connectivity index is 1.49. The van der Waals surface area contributed by atoms with Crippen LogP contribution in [0.5, 0.6) is 11.5 Å². The minimum atomic E-state index is 0.117. The minimum absolute atomic E-state index is 0.117. The van der Waals surface area contributed by atoms with Crippen LogP contribution < -0.4 is 10.1 Å². The van der Waals surface area contributed by atoms with Crippen molar-refractivity contribution in [2.45, 2.75) is 33.1 Å². The highest BCUT2D eigenvalue weighted by molar-refractivity contribution is 7.18. The first-order valence-electron chi connectivity index (χ1n) is 10.0. The van der Waals surface area contributed by atoms with Crippen molar-refractivity contribution < 1.29 is 4.74 Å². The molecule has 1 heterocycles. The average molecular weight is 450 g/mol. The van der Waals surface area contributed by atoms with E-state index in [4.69, 9.17) is 16.3 Å². The van der Waals surface area contributed by atoms with Gasteiger partial charge in [-0.2, -0.15) is 0 Å². The van der Waals surface area contributed by atoms with Crippen molar-refractivity contribution in [1.82, 2.24) is 10.2 Å². The van der Waals surface area contributed by atoms with E-state index in [-0.39, 0.29) is 5.41 Å². The van der Waals surface area contributed by atoms with Crippen LogP contribution in [-0.4, -0.2) is 10.2 Å². The molecule has 4 aromatic rings. The fourth-order valence-electron chi connectivity index (χ4n) is 3.04. The van der Waals surface area contributed by atoms with Crippen molar-refractivity contribution in [3.8, 4) is 22.1 Å². The van der Waals surface area contributed by atoms with Crippen LogP contribution >= 0.6 is 22.9 Å². The van der Waals surface area contributed by atoms with Crippen LogP contribution in [0.25, 0.3) is 10.6 Å². The normalized spacial score (nSPS) is 11.4. The molecule has 6 heteroatoms. The molecule has 0 aliphatic rings. The number of nitrogens with zero attached hydrogens (tertiary/aromatic N) is 2. The number of nitrogens with one attached hydrogen (secondary N) is 1. The van der Waals surface area contributed by atoms with Crippen LogP contribution in [0.3, 0.4) is 0 Å². The van der Waals surface area contributed by atoms with Gasteiger partial charge in [-0.15, -0.1) is 10.2 Å². The van der Waals surface area contributed by atoms with Crippen LogP contribution in [0.1, 0.15) is 31.9 Å². The maximum Gasteiger partial charge on any atom is 0.210 e. The van der Waals surface area contributed by atoms with E-state index >= 15 is 0 Å². The van der Waals surface area contributed by atoms with Gasteiger partial charge in [0, 0.05) is 16.3 Å². The summed E-state index contributed by atoms with van der Waals surface area (Å²) >= 11 is 7.69. The second kappa shape index (κ2) is 8.69. The van der Waals surface area contributed by atoms with E-state index in [0.717, 1.165) is 38.3 Å². The number of ether oxygens (including phenoxy) is 1. The van der Waals surface area contributed by atoms with Gasteiger partial charge in [0.1, 0.15) is 16.5 Å². The lowest BCUT2D eigenvalue weighted by Crippen LogP contribution is -2.10. The van der Waals surface area contributed by atoms with E-state index in [1.807, 2.05) is 61.5 Å². The van der Waals surface area contributed by atoms with Crippen molar-refractivity contribution in [2.24, 2.45) is 0 Å². The lowest BCUT2D eigenvalue weighted by molar-refractivity contribution is 0.481. The fourth-order valence-corrected chi connectivity index (χ4v) is 3.98. The monoisotopic (exact) mass is 449 g/mol. The number of benzene rings is 3. The molecule has 31 heavy (non-hydrogen) atoms. The molecule has 0 unspecified atom stereocenters. The minimum Gasteiger partial charge on any atom is -0.457 e. The predicted molar refractivity (Wildman–Crippen MR) is 130 cm³/mol. The lowest BCUT2D eigenvalue weighted by atomic mass is 9.87. The van der Waals surface area contributed by atoms with E-state index in [2.05, 4.69) is 48.4 Å². The van der Waals surface area contributed by atoms with Crippen LogP contribution in [0.2, 0.25) is 5.02 Å². The molecule has 0 bridgehead atoms. The standard InChI is InChI=1S/C25H24ClN3OS/c1-16-8-11-19(15-22(16)26)27-24-29-28-23(31-24)17-6-5-7-21(14-17)30-20-12-9-18(10-13-20)25(2,3)4/h5-15H,1-4H3,(H,27,29). The van der Waals surface area contributed by atoms with E-state index in [9.17, 15) is 0 Å². The summed E-state index contributed by atoms with van der Waals surface area (Å²) in [6.45, 7) is 8.57. The van der Waals surface area contributed by atoms with Crippen molar-refractivity contribution >= 4 is 33.8 Å². The Hall–Kier alpha value is -2.89. The Bertz CT molecular complexity index is 1200. The van der Waals surface area contributed by atoms with Gasteiger partial charge in [-0.3, -0.25) is 0 Å². The third kappa shape index (κ3) is 5.24. The molecule has 0 radical (unpaired) electrons. The maximum absolute atomic E-state index is 6.21. The van der Waals surface area contributed by atoms with Gasteiger partial charge in [0.15, 0.2) is 0 Å². The zero-order valence-corrected chi connectivity index (χ0v) is 19.5. The van der Waals surface area contributed by atoms with Gasteiger partial charge in [0.2, 0.25) is 5.13 Å². The SMILES string of the molecule is Cc1ccc(Nc2nnc(-c3cccc(Oc4ccc(C(C)(C)C)cc4)c3)s2)cc1Cl. The molecule has 0 aliphatic carbocycles. The summed E-state index contributed by atoms with van der Waals surface area (Å²) in [5.41, 5.74) is 4.27. The molecule has 0 saturated heterocycles. The highest BCUT2D eigenvalue weighted by Crippen LogP contribution is 2.33. The molecule has 4 nitrogen and oxygen atoms in total. The Morgan fingerprint density at radius 1 is 0.903 bits per heavy atom. The quantitative estimate of drug-likeness (QED) is 0.335. The summed E-state index contributed by atoms with van der Waals surface area (Å²) in [7, 11) is 0. The Labute approximate surface area is 191 Å². The van der Waals surface area contributed by atoms with Crippen LogP contribution in [0, 0.1) is 6.92 Å². The molecule has 4 rings (SSSR count). The molecular weight excluding hydrogens is 426 g/mol. The molecule has 1 N–H and O–H groups in total. The van der Waals surface area contributed by atoms with Crippen molar-refractivity contribution in [3.05, 3.63) is 82.9 Å². The number of hydrogen-bond donors (Lipinski definition) is 1. The van der Waals surface area contributed by atoms with Crippen LogP contribution in [0.15, 0.2) is 66.7 Å². The number of hydrogen-bond acceptors (Lipinski definition) is 5. The zero-order valence-electron chi connectivity index (χ0n) is 17.9. The second-order valence-electron chi connectivity index (χ2n) is 8.41. The Morgan fingerprint density at radius 3 is 2.39 bits per heavy atom. The molecule has 1 aromatic heterocycles. The van der Waals surface area contributed by atoms with E-state index in [1.165, 1.54) is 16.9 Å². The summed E-state index contributed by atoms with van der Waals surface area (Å²) in [6.07, 6.45) is 0. The maximum atomic E-state index is 6.21. The summed E-state index contributed by atoms with van der Waals surface area (Å²) in [5, 5.41) is 14.1. The first-order valence-corrected chi connectivity index (χ1v) is 11.2. The van der Waals surface area contributed by atoms with Gasteiger partial charge >= 0.3 is 0 Å². The van der Waals surface area contributed by atoms with Crippen LogP contribution in [-0.2, 0) is 5.41 Å². The molecule has 0 fully saturated rings. The number of anilines is 2. The van der Waals surface area contributed by atoms with E-state index < -0.39 is 0 Å². The van der Waals surface area contributed by atoms with Gasteiger partial charge in [0.25, 0.3) is 0 Å². The summed E-state index contributed by atoms with van der Waals surface area (Å²) < 4.78 is 6.06. The largest absolute Gasteiger partial charge is 0.457 e. The smallest absolute Gasteiger partial charge is 0.210 e. The molecule has 0 atom stereocenters. The van der Waals surface area contributed by atoms with Gasteiger partial charge in [-0.1, -0.05) is 74.0 Å². The second-order valence-corrected chi connectivity index (χ2v) is 9.79. The average Bonchev–Trinajstić information content (AvgIpc) is 3.19. The van der Waals surface area contributed by atoms with Gasteiger partial charge in [-0.25, -0.2) is 0 Å². The van der Waals surface area contributed by atoms with Crippen LogP contribution in [0.4, 0.5) is 10.8 Å². The Morgan fingerprint density at radius 2 is 1.68 bits per heavy atom. The molecule has 0 aliphatic heterocycles. The predicted octanol–water partition coefficient (Wildman–Crippen LogP) is 8.00. The van der Waals surface area contributed by atoms with Gasteiger partial charge in [0.05, 0.1) is 0 Å². The van der Waals surface area contributed by atoms with Crippen molar-refractivity contribution in [3.63, 3.8) is 0 Å². The summed E-state index contributed by atoms with van der Waals surface area (Å²) in [6, 6.07) is 21.9. The number of halogens is 1. The highest BCUT2D eigenvalue weighted by atomic mass is 35.5. The summed E-state index contributed by atoms with van der Waals surface area (Å²) in [5.74, 6) is 1.57. The molecular formula is C25H24ClN3OS. The van der Waals surface area contributed by atoms with E-state index in [0.29, 0.717) is 5.13 Å². The number of rotatable bonds is 5. The molecule has 0 saturated carbocycles. The van der Waals surface area contributed by atoms with Crippen molar-refractivity contribution in [2.75, 3.05) is 5.32 Å². The third-order valence-corrected chi connectivity index (χ3v) is 6.18. The lowest BCUT2D eigenvalue weighted by Gasteiger charge is -2.19. The van der Waals surface area contributed by atoms with Gasteiger partial charge < -0.3 is 10.1 Å². The molecule has 3 aromatic carbocycles. The summed E-state index contributed by atoms with van der Waals surface area (Å²) in [4.78, 5) is 0. The highest BCUT2D eigenvalue weighted by Gasteiger charge is 2.13. The molecule has 158 valence electrons. The van der Waals surface area contributed by atoms with Crippen molar-refractivity contribution in [1.29, 1.82) is 0 Å². The Kier molecular flexibility index (Phi) is 5.99. The number of aromatic nitrogens is 2. The fraction of sp³-hybridized carbons (Fsp3) is 0.200. The topological polar surface area (TPSA) is 47.0 Å². The third-order valence-electron chi connectivity index (χ3n) is 4.89.